The molecule has 10 nitrogen and oxygen atoms in total. The minimum Gasteiger partial charge on any atom is -0.357 e. The van der Waals surface area contributed by atoms with Gasteiger partial charge < -0.3 is 14.7 Å². The van der Waals surface area contributed by atoms with E-state index >= 15 is 0 Å². The fourth-order valence-corrected chi connectivity index (χ4v) is 4.42. The van der Waals surface area contributed by atoms with Gasteiger partial charge in [0.05, 0.1) is 10.6 Å². The molecule has 0 saturated carbocycles. The number of aromatic nitrogens is 3. The fourth-order valence-electron chi connectivity index (χ4n) is 3.37. The smallest absolute Gasteiger partial charge is 0.274 e. The number of carbonyl (C=O) groups is 1. The first-order valence-corrected chi connectivity index (χ1v) is 11.8. The molecule has 2 aromatic heterocycles. The van der Waals surface area contributed by atoms with E-state index < -0.39 is 15.9 Å². The van der Waals surface area contributed by atoms with Gasteiger partial charge in [0.1, 0.15) is 17.8 Å². The molecule has 32 heavy (non-hydrogen) atoms. The molecule has 1 aliphatic heterocycles. The summed E-state index contributed by atoms with van der Waals surface area (Å²) in [6.07, 6.45) is 4.79. The summed E-state index contributed by atoms with van der Waals surface area (Å²) in [5.74, 6) is 0.413. The van der Waals surface area contributed by atoms with Crippen LogP contribution in [-0.4, -0.2) is 42.5 Å². The Hall–Kier alpha value is -3.47. The van der Waals surface area contributed by atoms with Gasteiger partial charge in [-0.3, -0.25) is 4.79 Å². The second-order valence-corrected chi connectivity index (χ2v) is 9.30. The summed E-state index contributed by atoms with van der Waals surface area (Å²) in [6.45, 7) is 5.26. The average molecular weight is 457 g/mol. The number of aryl methyl sites for hydroxylation is 1. The van der Waals surface area contributed by atoms with E-state index in [2.05, 4.69) is 30.1 Å². The number of nitrogens with one attached hydrogen (secondary N) is 2. The van der Waals surface area contributed by atoms with Crippen LogP contribution in [0.4, 0.5) is 17.4 Å². The molecule has 3 heterocycles. The van der Waals surface area contributed by atoms with Gasteiger partial charge in [0, 0.05) is 30.4 Å². The lowest BCUT2D eigenvalue weighted by Crippen LogP contribution is -2.30. The molecule has 168 valence electrons. The molecule has 0 radical (unpaired) electrons. The van der Waals surface area contributed by atoms with E-state index in [4.69, 9.17) is 4.52 Å². The maximum atomic E-state index is 12.6. The molecule has 1 aliphatic rings. The number of hydrogen-bond donors (Lipinski definition) is 2. The Bertz CT molecular complexity index is 1220. The Labute approximate surface area is 186 Å². The number of nitrogens with zero attached hydrogens (tertiary/aromatic N) is 4. The minimum atomic E-state index is -3.86. The first-order valence-electron chi connectivity index (χ1n) is 10.3. The molecule has 1 fully saturated rings. The van der Waals surface area contributed by atoms with Crippen molar-refractivity contribution in [3.05, 3.63) is 53.6 Å². The first-order chi connectivity index (χ1) is 15.3. The summed E-state index contributed by atoms with van der Waals surface area (Å²) in [5, 5.41) is 6.48. The van der Waals surface area contributed by atoms with Gasteiger partial charge >= 0.3 is 0 Å². The fraction of sp³-hybridized carbons (Fsp3) is 0.333. The van der Waals surface area contributed by atoms with Crippen LogP contribution in [0.25, 0.3) is 0 Å². The lowest BCUT2D eigenvalue weighted by molar-refractivity contribution is 0.102. The minimum absolute atomic E-state index is 0.0263. The van der Waals surface area contributed by atoms with Crippen LogP contribution in [0.1, 0.15) is 41.0 Å². The highest BCUT2D eigenvalue weighted by Gasteiger charge is 2.20. The number of sulfonamides is 1. The molecule has 1 amide bonds. The second kappa shape index (κ2) is 8.95. The molecule has 1 aromatic carbocycles. The van der Waals surface area contributed by atoms with Crippen molar-refractivity contribution in [3.63, 3.8) is 0 Å². The number of amides is 1. The molecule has 0 unspecified atom stereocenters. The van der Waals surface area contributed by atoms with Crippen molar-refractivity contribution in [2.24, 2.45) is 0 Å². The third-order valence-corrected chi connectivity index (χ3v) is 6.72. The van der Waals surface area contributed by atoms with Crippen molar-refractivity contribution in [3.8, 4) is 0 Å². The van der Waals surface area contributed by atoms with Crippen LogP contribution in [0.15, 0.2) is 46.1 Å². The van der Waals surface area contributed by atoms with Crippen molar-refractivity contribution >= 4 is 33.3 Å². The van der Waals surface area contributed by atoms with Crippen LogP contribution in [-0.2, 0) is 10.0 Å². The van der Waals surface area contributed by atoms with Gasteiger partial charge in [0.15, 0.2) is 0 Å². The van der Waals surface area contributed by atoms with Crippen molar-refractivity contribution in [1.82, 2.24) is 15.1 Å². The van der Waals surface area contributed by atoms with Gasteiger partial charge in [-0.1, -0.05) is 5.16 Å². The maximum absolute atomic E-state index is 12.6. The van der Waals surface area contributed by atoms with Gasteiger partial charge in [0.2, 0.25) is 5.88 Å². The monoisotopic (exact) mass is 456 g/mol. The number of carbonyl (C=O) groups excluding carboxylic acids is 1. The van der Waals surface area contributed by atoms with E-state index in [1.807, 2.05) is 0 Å². The molecule has 0 aliphatic carbocycles. The van der Waals surface area contributed by atoms with Gasteiger partial charge in [-0.15, -0.1) is 0 Å². The predicted molar refractivity (Wildman–Crippen MR) is 119 cm³/mol. The highest BCUT2D eigenvalue weighted by molar-refractivity contribution is 7.92. The van der Waals surface area contributed by atoms with Crippen molar-refractivity contribution in [2.75, 3.05) is 28.0 Å². The molecule has 4 rings (SSSR count). The summed E-state index contributed by atoms with van der Waals surface area (Å²) < 4.78 is 32.6. The lowest BCUT2D eigenvalue weighted by atomic mass is 10.1. The third-order valence-electron chi connectivity index (χ3n) is 5.37. The Morgan fingerprint density at radius 3 is 2.44 bits per heavy atom. The Morgan fingerprint density at radius 2 is 1.78 bits per heavy atom. The molecule has 0 spiro atoms. The topological polar surface area (TPSA) is 130 Å². The molecule has 11 heteroatoms. The molecule has 2 N–H and O–H groups in total. The zero-order valence-electron chi connectivity index (χ0n) is 17.8. The van der Waals surface area contributed by atoms with Gasteiger partial charge in [-0.25, -0.2) is 23.1 Å². The van der Waals surface area contributed by atoms with E-state index in [1.165, 1.54) is 37.0 Å². The first kappa shape index (κ1) is 21.8. The Kier molecular flexibility index (Phi) is 6.08. The number of hydrogen-bond acceptors (Lipinski definition) is 8. The van der Waals surface area contributed by atoms with Crippen LogP contribution in [0.5, 0.6) is 0 Å². The summed E-state index contributed by atoms with van der Waals surface area (Å²) in [4.78, 5) is 23.2. The van der Waals surface area contributed by atoms with Gasteiger partial charge in [-0.05, 0) is 57.4 Å². The highest BCUT2D eigenvalue weighted by Crippen LogP contribution is 2.23. The molecule has 0 bridgehead atoms. The average Bonchev–Trinajstić information content (AvgIpc) is 3.12. The zero-order valence-corrected chi connectivity index (χ0v) is 18.6. The summed E-state index contributed by atoms with van der Waals surface area (Å²) in [7, 11) is -3.86. The van der Waals surface area contributed by atoms with E-state index in [0.29, 0.717) is 16.9 Å². The maximum Gasteiger partial charge on any atom is 0.274 e. The molecule has 0 atom stereocenters. The van der Waals surface area contributed by atoms with E-state index in [-0.39, 0.29) is 16.5 Å². The SMILES string of the molecule is Cc1noc(NS(=O)(=O)c2ccc(NC(=O)c3cc(N4CCCCC4)ncn3)cc2)c1C. The molecule has 3 aromatic rings. The normalized spacial score (nSPS) is 14.2. The van der Waals surface area contributed by atoms with Crippen LogP contribution in [0.3, 0.4) is 0 Å². The Balaban J connectivity index is 1.44. The number of rotatable bonds is 6. The highest BCUT2D eigenvalue weighted by atomic mass is 32.2. The standard InChI is InChI=1S/C21H24N6O4S/c1-14-15(2)25-31-21(14)26-32(29,30)17-8-6-16(7-9-17)24-20(28)18-12-19(23-13-22-18)27-10-4-3-5-11-27/h6-9,12-13,26H,3-5,10-11H2,1-2H3,(H,24,28). The lowest BCUT2D eigenvalue weighted by Gasteiger charge is -2.27. The van der Waals surface area contributed by atoms with Gasteiger partial charge in [0.25, 0.3) is 15.9 Å². The van der Waals surface area contributed by atoms with Crippen molar-refractivity contribution in [1.29, 1.82) is 0 Å². The van der Waals surface area contributed by atoms with E-state index in [1.54, 1.807) is 19.9 Å². The zero-order chi connectivity index (χ0) is 22.7. The predicted octanol–water partition coefficient (Wildman–Crippen LogP) is 3.12. The molecular formula is C21H24N6O4S. The van der Waals surface area contributed by atoms with E-state index in [0.717, 1.165) is 31.7 Å². The molecular weight excluding hydrogens is 432 g/mol. The quantitative estimate of drug-likeness (QED) is 0.579. The van der Waals surface area contributed by atoms with Crippen LogP contribution in [0, 0.1) is 13.8 Å². The Morgan fingerprint density at radius 1 is 1.06 bits per heavy atom. The summed E-state index contributed by atoms with van der Waals surface area (Å²) in [5.41, 5.74) is 1.91. The van der Waals surface area contributed by atoms with E-state index in [9.17, 15) is 13.2 Å². The second-order valence-electron chi connectivity index (χ2n) is 7.62. The van der Waals surface area contributed by atoms with Crippen molar-refractivity contribution < 1.29 is 17.7 Å². The summed E-state index contributed by atoms with van der Waals surface area (Å²) in [6, 6.07) is 7.49. The number of anilines is 3. The number of benzene rings is 1. The number of piperidine rings is 1. The largest absolute Gasteiger partial charge is 0.357 e. The summed E-state index contributed by atoms with van der Waals surface area (Å²) >= 11 is 0. The third kappa shape index (κ3) is 4.72. The van der Waals surface area contributed by atoms with Gasteiger partial charge in [-0.2, -0.15) is 0 Å². The van der Waals surface area contributed by atoms with Crippen LogP contribution < -0.4 is 14.9 Å². The van der Waals surface area contributed by atoms with Crippen molar-refractivity contribution in [2.45, 2.75) is 38.0 Å². The van der Waals surface area contributed by atoms with Crippen LogP contribution in [0.2, 0.25) is 0 Å². The van der Waals surface area contributed by atoms with Crippen LogP contribution >= 0.6 is 0 Å². The molecule has 1 saturated heterocycles.